The van der Waals surface area contributed by atoms with Gasteiger partial charge in [-0.25, -0.2) is 4.98 Å². The van der Waals surface area contributed by atoms with Crippen molar-refractivity contribution in [3.63, 3.8) is 0 Å². The third-order valence-electron chi connectivity index (χ3n) is 4.88. The highest BCUT2D eigenvalue weighted by atomic mass is 16.3. The first-order chi connectivity index (χ1) is 13.3. The lowest BCUT2D eigenvalue weighted by molar-refractivity contribution is -0.122. The number of hydrogen-bond acceptors (Lipinski definition) is 5. The van der Waals surface area contributed by atoms with Gasteiger partial charge in [0.15, 0.2) is 12.2 Å². The first kappa shape index (κ1) is 17.4. The minimum atomic E-state index is -0.130. The Bertz CT molecular complexity index is 863. The van der Waals surface area contributed by atoms with Crippen LogP contribution in [0.25, 0.3) is 11.3 Å². The zero-order chi connectivity index (χ0) is 18.5. The number of anilines is 1. The van der Waals surface area contributed by atoms with Gasteiger partial charge in [-0.15, -0.1) is 0 Å². The number of benzene rings is 1. The van der Waals surface area contributed by atoms with Crippen LogP contribution in [0.5, 0.6) is 0 Å². The summed E-state index contributed by atoms with van der Waals surface area (Å²) in [6.45, 7) is 1.61. The molecule has 6 heteroatoms. The van der Waals surface area contributed by atoms with E-state index in [2.05, 4.69) is 20.2 Å². The smallest absolute Gasteiger partial charge is 0.241 e. The molecular formula is C21H22N4O2. The van der Waals surface area contributed by atoms with E-state index in [4.69, 9.17) is 4.42 Å². The zero-order valence-electron chi connectivity index (χ0n) is 15.0. The summed E-state index contributed by atoms with van der Waals surface area (Å²) in [7, 11) is 0. The van der Waals surface area contributed by atoms with Crippen LogP contribution in [0.3, 0.4) is 0 Å². The second kappa shape index (κ2) is 8.14. The van der Waals surface area contributed by atoms with Crippen molar-refractivity contribution in [3.8, 4) is 11.3 Å². The maximum absolute atomic E-state index is 12.9. The topological polar surface area (TPSA) is 71.3 Å². The van der Waals surface area contributed by atoms with Gasteiger partial charge in [-0.3, -0.25) is 14.7 Å². The van der Waals surface area contributed by atoms with E-state index in [1.54, 1.807) is 12.4 Å². The molecule has 1 fully saturated rings. The lowest BCUT2D eigenvalue weighted by Gasteiger charge is -2.34. The predicted octanol–water partition coefficient (Wildman–Crippen LogP) is 3.73. The Morgan fingerprint density at radius 2 is 2.07 bits per heavy atom. The number of likely N-dealkylation sites (tertiary alicyclic amines) is 1. The van der Waals surface area contributed by atoms with Crippen LogP contribution in [-0.2, 0) is 11.3 Å². The molecule has 1 N–H and O–H groups in total. The third-order valence-corrected chi connectivity index (χ3v) is 4.88. The van der Waals surface area contributed by atoms with Crippen molar-refractivity contribution in [3.05, 3.63) is 66.9 Å². The Morgan fingerprint density at radius 1 is 1.19 bits per heavy atom. The molecule has 1 aliphatic heterocycles. The maximum atomic E-state index is 12.9. The van der Waals surface area contributed by atoms with E-state index in [0.29, 0.717) is 12.3 Å². The molecule has 1 aromatic carbocycles. The molecule has 1 atom stereocenters. The highest BCUT2D eigenvalue weighted by molar-refractivity contribution is 5.95. The highest BCUT2D eigenvalue weighted by Gasteiger charge is 2.29. The second-order valence-corrected chi connectivity index (χ2v) is 6.74. The van der Waals surface area contributed by atoms with Crippen molar-refractivity contribution in [2.75, 3.05) is 11.9 Å². The van der Waals surface area contributed by atoms with E-state index < -0.39 is 0 Å². The molecule has 0 spiro atoms. The van der Waals surface area contributed by atoms with Crippen LogP contribution in [0.2, 0.25) is 0 Å². The van der Waals surface area contributed by atoms with E-state index in [-0.39, 0.29) is 11.9 Å². The third kappa shape index (κ3) is 4.23. The number of hydrogen-bond donors (Lipinski definition) is 1. The van der Waals surface area contributed by atoms with E-state index in [0.717, 1.165) is 42.8 Å². The summed E-state index contributed by atoms with van der Waals surface area (Å²) in [6, 6.07) is 13.4. The summed E-state index contributed by atoms with van der Waals surface area (Å²) in [5, 5.41) is 3.05. The van der Waals surface area contributed by atoms with Crippen LogP contribution in [0, 0.1) is 0 Å². The van der Waals surface area contributed by atoms with Crippen LogP contribution in [-0.4, -0.2) is 33.4 Å². The van der Waals surface area contributed by atoms with Gasteiger partial charge >= 0.3 is 0 Å². The van der Waals surface area contributed by atoms with Crippen LogP contribution in [0.4, 0.5) is 5.69 Å². The lowest BCUT2D eigenvalue weighted by atomic mass is 10.0. The molecule has 3 heterocycles. The molecule has 0 bridgehead atoms. The van der Waals surface area contributed by atoms with Gasteiger partial charge < -0.3 is 9.73 Å². The van der Waals surface area contributed by atoms with Crippen molar-refractivity contribution in [1.82, 2.24) is 14.9 Å². The van der Waals surface area contributed by atoms with Crippen molar-refractivity contribution < 1.29 is 9.21 Å². The van der Waals surface area contributed by atoms with Gasteiger partial charge in [0.05, 0.1) is 17.9 Å². The molecule has 3 aromatic rings. The molecule has 6 nitrogen and oxygen atoms in total. The number of aromatic nitrogens is 2. The van der Waals surface area contributed by atoms with Gasteiger partial charge in [0.2, 0.25) is 5.91 Å². The van der Waals surface area contributed by atoms with Crippen molar-refractivity contribution >= 4 is 11.6 Å². The van der Waals surface area contributed by atoms with Crippen molar-refractivity contribution in [2.45, 2.75) is 31.8 Å². The van der Waals surface area contributed by atoms with Gasteiger partial charge in [0.25, 0.3) is 0 Å². The molecule has 2 aromatic heterocycles. The van der Waals surface area contributed by atoms with Gasteiger partial charge in [0.1, 0.15) is 0 Å². The van der Waals surface area contributed by atoms with E-state index in [9.17, 15) is 4.79 Å². The molecular weight excluding hydrogens is 340 g/mol. The summed E-state index contributed by atoms with van der Waals surface area (Å²) in [6.07, 6.45) is 7.93. The number of rotatable bonds is 5. The Balaban J connectivity index is 1.42. The molecule has 27 heavy (non-hydrogen) atoms. The molecule has 0 aliphatic carbocycles. The zero-order valence-corrected chi connectivity index (χ0v) is 15.0. The molecule has 0 unspecified atom stereocenters. The number of carbonyl (C=O) groups is 1. The van der Waals surface area contributed by atoms with Gasteiger partial charge in [-0.2, -0.15) is 0 Å². The summed E-state index contributed by atoms with van der Waals surface area (Å²) in [4.78, 5) is 23.4. The molecule has 1 aliphatic rings. The maximum Gasteiger partial charge on any atom is 0.241 e. The molecule has 0 saturated carbocycles. The number of oxazole rings is 1. The van der Waals surface area contributed by atoms with Crippen LogP contribution >= 0.6 is 0 Å². The Labute approximate surface area is 158 Å². The fraction of sp³-hybridized carbons (Fsp3) is 0.286. The Morgan fingerprint density at radius 3 is 2.81 bits per heavy atom. The second-order valence-electron chi connectivity index (χ2n) is 6.74. The van der Waals surface area contributed by atoms with Gasteiger partial charge in [-0.05, 0) is 55.8 Å². The first-order valence-corrected chi connectivity index (χ1v) is 9.23. The SMILES string of the molecule is O=C(Nc1ccc(-c2cnco2)cc1)[C@H]1CCCCN1Cc1ccccn1. The van der Waals surface area contributed by atoms with E-state index >= 15 is 0 Å². The predicted molar refractivity (Wildman–Crippen MR) is 103 cm³/mol. The Kier molecular flexibility index (Phi) is 5.25. The molecule has 1 amide bonds. The number of nitrogens with one attached hydrogen (secondary N) is 1. The van der Waals surface area contributed by atoms with Crippen molar-refractivity contribution in [2.24, 2.45) is 0 Å². The number of nitrogens with zero attached hydrogens (tertiary/aromatic N) is 3. The first-order valence-electron chi connectivity index (χ1n) is 9.23. The van der Waals surface area contributed by atoms with E-state index in [1.807, 2.05) is 42.5 Å². The van der Waals surface area contributed by atoms with Gasteiger partial charge in [0, 0.05) is 24.0 Å². The quantitative estimate of drug-likeness (QED) is 0.749. The Hall–Kier alpha value is -2.99. The fourth-order valence-electron chi connectivity index (χ4n) is 3.48. The largest absolute Gasteiger partial charge is 0.444 e. The summed E-state index contributed by atoms with van der Waals surface area (Å²) in [5.41, 5.74) is 2.71. The number of piperidine rings is 1. The number of pyridine rings is 1. The minimum Gasteiger partial charge on any atom is -0.444 e. The molecule has 4 rings (SSSR count). The average Bonchev–Trinajstić information content (AvgIpc) is 3.25. The minimum absolute atomic E-state index is 0.0399. The lowest BCUT2D eigenvalue weighted by Crippen LogP contribution is -2.46. The number of carbonyl (C=O) groups excluding carboxylic acids is 1. The summed E-state index contributed by atoms with van der Waals surface area (Å²) in [5.74, 6) is 0.750. The molecule has 1 saturated heterocycles. The average molecular weight is 362 g/mol. The standard InChI is InChI=1S/C21H22N4O2/c26-21(24-17-9-7-16(8-10-17)20-13-22-15-27-20)19-6-2-4-12-25(19)14-18-5-1-3-11-23-18/h1,3,5,7-11,13,15,19H,2,4,6,12,14H2,(H,24,26)/t19-/m1/s1. The number of amides is 1. The summed E-state index contributed by atoms with van der Waals surface area (Å²) < 4.78 is 5.30. The molecule has 138 valence electrons. The highest BCUT2D eigenvalue weighted by Crippen LogP contribution is 2.23. The van der Waals surface area contributed by atoms with Gasteiger partial charge in [-0.1, -0.05) is 12.5 Å². The monoisotopic (exact) mass is 362 g/mol. The fourth-order valence-corrected chi connectivity index (χ4v) is 3.48. The van der Waals surface area contributed by atoms with Crippen LogP contribution in [0.15, 0.2) is 65.7 Å². The summed E-state index contributed by atoms with van der Waals surface area (Å²) >= 11 is 0. The van der Waals surface area contributed by atoms with Crippen LogP contribution in [0.1, 0.15) is 25.0 Å². The van der Waals surface area contributed by atoms with Crippen LogP contribution < -0.4 is 5.32 Å². The molecule has 0 radical (unpaired) electrons. The van der Waals surface area contributed by atoms with Crippen molar-refractivity contribution in [1.29, 1.82) is 0 Å². The normalized spacial score (nSPS) is 17.6. The van der Waals surface area contributed by atoms with E-state index in [1.165, 1.54) is 6.39 Å².